The lowest BCUT2D eigenvalue weighted by atomic mass is 10.1. The molecule has 2 amide bonds. The molecule has 0 aliphatic heterocycles. The zero-order chi connectivity index (χ0) is 15.8. The maximum atomic E-state index is 12.2. The number of nitrogens with zero attached hydrogens (tertiary/aromatic N) is 2. The van der Waals surface area contributed by atoms with Gasteiger partial charge in [-0.15, -0.1) is 11.3 Å². The normalized spacial score (nSPS) is 10.2. The molecule has 1 aromatic heterocycles. The van der Waals surface area contributed by atoms with Gasteiger partial charge < -0.3 is 10.2 Å². The minimum atomic E-state index is -0.218. The number of hydrogen-bond donors (Lipinski definition) is 1. The number of aromatic nitrogens is 1. The monoisotopic (exact) mass is 317 g/mol. The second-order valence-electron chi connectivity index (χ2n) is 4.78. The zero-order valence-electron chi connectivity index (χ0n) is 12.5. The third kappa shape index (κ3) is 4.96. The molecule has 0 aliphatic carbocycles. The van der Waals surface area contributed by atoms with Gasteiger partial charge >= 0.3 is 0 Å². The lowest BCUT2D eigenvalue weighted by Gasteiger charge is -2.20. The molecule has 2 aromatic rings. The second-order valence-corrected chi connectivity index (χ2v) is 5.67. The topological polar surface area (TPSA) is 62.3 Å². The van der Waals surface area contributed by atoms with Crippen LogP contribution in [0.1, 0.15) is 18.9 Å². The Kier molecular flexibility index (Phi) is 6.09. The molecule has 0 bridgehead atoms. The molecule has 1 N–H and O–H groups in total. The van der Waals surface area contributed by atoms with E-state index in [1.54, 1.807) is 16.5 Å². The van der Waals surface area contributed by atoms with Crippen molar-refractivity contribution in [3.05, 3.63) is 47.5 Å². The smallest absolute Gasteiger partial charge is 0.245 e. The number of nitrogens with one attached hydrogen (secondary N) is 1. The minimum Gasteiger partial charge on any atom is -0.334 e. The quantitative estimate of drug-likeness (QED) is 0.853. The number of carbonyl (C=O) groups excluding carboxylic acids is 2. The predicted molar refractivity (Wildman–Crippen MR) is 87.8 cm³/mol. The lowest BCUT2D eigenvalue weighted by molar-refractivity contribution is -0.134. The van der Waals surface area contributed by atoms with Gasteiger partial charge in [-0.2, -0.15) is 0 Å². The van der Waals surface area contributed by atoms with Gasteiger partial charge in [0.25, 0.3) is 0 Å². The van der Waals surface area contributed by atoms with Gasteiger partial charge in [-0.05, 0) is 18.9 Å². The predicted octanol–water partition coefficient (Wildman–Crippen LogP) is 2.56. The molecule has 6 heteroatoms. The second kappa shape index (κ2) is 8.29. The number of hydrogen-bond acceptors (Lipinski definition) is 4. The van der Waals surface area contributed by atoms with Gasteiger partial charge in [-0.3, -0.25) is 9.59 Å². The standard InChI is InChI=1S/C16H19N3O2S/c1-2-19(12-14(20)18-16-17-10-11-22-16)15(21)9-8-13-6-4-3-5-7-13/h3-7,10-11H,2,8-9,12H2,1H3,(H,17,18,20). The molecule has 2 rings (SSSR count). The Balaban J connectivity index is 1.82. The average Bonchev–Trinajstić information content (AvgIpc) is 3.04. The summed E-state index contributed by atoms with van der Waals surface area (Å²) in [5.41, 5.74) is 1.12. The highest BCUT2D eigenvalue weighted by atomic mass is 32.1. The van der Waals surface area contributed by atoms with Crippen molar-refractivity contribution in [1.82, 2.24) is 9.88 Å². The van der Waals surface area contributed by atoms with Crippen LogP contribution in [-0.4, -0.2) is 34.8 Å². The Morgan fingerprint density at radius 2 is 2.05 bits per heavy atom. The molecule has 0 fully saturated rings. The summed E-state index contributed by atoms with van der Waals surface area (Å²) < 4.78 is 0. The van der Waals surface area contributed by atoms with Crippen molar-refractivity contribution in [3.8, 4) is 0 Å². The van der Waals surface area contributed by atoms with E-state index in [0.29, 0.717) is 24.5 Å². The first-order valence-electron chi connectivity index (χ1n) is 7.20. The molecule has 0 radical (unpaired) electrons. The number of rotatable bonds is 7. The van der Waals surface area contributed by atoms with E-state index in [4.69, 9.17) is 0 Å². The molecule has 0 spiro atoms. The van der Waals surface area contributed by atoms with Crippen molar-refractivity contribution in [2.24, 2.45) is 0 Å². The highest BCUT2D eigenvalue weighted by Gasteiger charge is 2.16. The largest absolute Gasteiger partial charge is 0.334 e. The van der Waals surface area contributed by atoms with Gasteiger partial charge in [0.15, 0.2) is 5.13 Å². The Hall–Kier alpha value is -2.21. The molecule has 0 unspecified atom stereocenters. The SMILES string of the molecule is CCN(CC(=O)Nc1nccs1)C(=O)CCc1ccccc1. The third-order valence-corrected chi connectivity index (χ3v) is 3.91. The van der Waals surface area contributed by atoms with E-state index in [1.165, 1.54) is 11.3 Å². The van der Waals surface area contributed by atoms with Gasteiger partial charge in [-0.25, -0.2) is 4.98 Å². The fourth-order valence-corrected chi connectivity index (χ4v) is 2.59. The molecule has 5 nitrogen and oxygen atoms in total. The van der Waals surface area contributed by atoms with Crippen LogP contribution in [0.4, 0.5) is 5.13 Å². The number of anilines is 1. The van der Waals surface area contributed by atoms with Crippen molar-refractivity contribution in [1.29, 1.82) is 0 Å². The molecule has 116 valence electrons. The number of likely N-dealkylation sites (N-methyl/N-ethyl adjacent to an activating group) is 1. The van der Waals surface area contributed by atoms with Crippen molar-refractivity contribution < 1.29 is 9.59 Å². The van der Waals surface area contributed by atoms with E-state index in [-0.39, 0.29) is 18.4 Å². The van der Waals surface area contributed by atoms with Crippen molar-refractivity contribution in [2.45, 2.75) is 19.8 Å². The van der Waals surface area contributed by atoms with Crippen molar-refractivity contribution in [2.75, 3.05) is 18.4 Å². The molecule has 1 aromatic carbocycles. The summed E-state index contributed by atoms with van der Waals surface area (Å²) in [6, 6.07) is 9.86. The Morgan fingerprint density at radius 1 is 1.27 bits per heavy atom. The van der Waals surface area contributed by atoms with Crippen LogP contribution < -0.4 is 5.32 Å². The highest BCUT2D eigenvalue weighted by Crippen LogP contribution is 2.10. The molecular weight excluding hydrogens is 298 g/mol. The van der Waals surface area contributed by atoms with Crippen LogP contribution in [0.3, 0.4) is 0 Å². The molecule has 22 heavy (non-hydrogen) atoms. The van der Waals surface area contributed by atoms with E-state index in [1.807, 2.05) is 37.3 Å². The number of amides is 2. The van der Waals surface area contributed by atoms with Crippen LogP contribution >= 0.6 is 11.3 Å². The lowest BCUT2D eigenvalue weighted by Crippen LogP contribution is -2.37. The Bertz CT molecular complexity index is 599. The third-order valence-electron chi connectivity index (χ3n) is 3.22. The summed E-state index contributed by atoms with van der Waals surface area (Å²) in [5, 5.41) is 5.03. The fourth-order valence-electron chi connectivity index (χ4n) is 2.05. The minimum absolute atomic E-state index is 0.0133. The van der Waals surface area contributed by atoms with Crippen molar-refractivity contribution >= 4 is 28.3 Å². The van der Waals surface area contributed by atoms with Crippen LogP contribution in [0.15, 0.2) is 41.9 Å². The number of thiazole rings is 1. The maximum Gasteiger partial charge on any atom is 0.245 e. The summed E-state index contributed by atoms with van der Waals surface area (Å²) in [4.78, 5) is 29.7. The molecule has 1 heterocycles. The molecule has 0 saturated heterocycles. The molecular formula is C16H19N3O2S. The van der Waals surface area contributed by atoms with Crippen LogP contribution in [-0.2, 0) is 16.0 Å². The molecule has 0 aliphatic rings. The summed E-state index contributed by atoms with van der Waals surface area (Å²) >= 11 is 1.36. The summed E-state index contributed by atoms with van der Waals surface area (Å²) in [7, 11) is 0. The Morgan fingerprint density at radius 3 is 2.68 bits per heavy atom. The fraction of sp³-hybridized carbons (Fsp3) is 0.312. The number of aryl methyl sites for hydroxylation is 1. The first-order valence-corrected chi connectivity index (χ1v) is 8.08. The first-order chi connectivity index (χ1) is 10.7. The average molecular weight is 317 g/mol. The number of carbonyl (C=O) groups is 2. The van der Waals surface area contributed by atoms with Gasteiger partial charge in [-0.1, -0.05) is 30.3 Å². The maximum absolute atomic E-state index is 12.2. The van der Waals surface area contributed by atoms with Crippen molar-refractivity contribution in [3.63, 3.8) is 0 Å². The van der Waals surface area contributed by atoms with E-state index < -0.39 is 0 Å². The molecule has 0 atom stereocenters. The van der Waals surface area contributed by atoms with Gasteiger partial charge in [0.1, 0.15) is 0 Å². The van der Waals surface area contributed by atoms with Gasteiger partial charge in [0.2, 0.25) is 11.8 Å². The van der Waals surface area contributed by atoms with Crippen LogP contribution in [0, 0.1) is 0 Å². The van der Waals surface area contributed by atoms with Gasteiger partial charge in [0, 0.05) is 24.5 Å². The van der Waals surface area contributed by atoms with Crippen LogP contribution in [0.25, 0.3) is 0 Å². The Labute approximate surface area is 134 Å². The zero-order valence-corrected chi connectivity index (χ0v) is 13.3. The van der Waals surface area contributed by atoms with E-state index >= 15 is 0 Å². The van der Waals surface area contributed by atoms with Gasteiger partial charge in [0.05, 0.1) is 6.54 Å². The highest BCUT2D eigenvalue weighted by molar-refractivity contribution is 7.13. The summed E-state index contributed by atoms with van der Waals surface area (Å²) in [5.74, 6) is -0.231. The van der Waals surface area contributed by atoms with E-state index in [2.05, 4.69) is 10.3 Å². The molecule has 0 saturated carbocycles. The summed E-state index contributed by atoms with van der Waals surface area (Å²) in [6.07, 6.45) is 2.72. The van der Waals surface area contributed by atoms with E-state index in [0.717, 1.165) is 5.56 Å². The first kappa shape index (κ1) is 16.2. The number of benzene rings is 1. The summed E-state index contributed by atoms with van der Waals surface area (Å²) in [6.45, 7) is 2.44. The van der Waals surface area contributed by atoms with E-state index in [9.17, 15) is 9.59 Å². The van der Waals surface area contributed by atoms with Crippen LogP contribution in [0.5, 0.6) is 0 Å². The van der Waals surface area contributed by atoms with Crippen LogP contribution in [0.2, 0.25) is 0 Å².